The van der Waals surface area contributed by atoms with E-state index in [4.69, 9.17) is 14.5 Å². The summed E-state index contributed by atoms with van der Waals surface area (Å²) in [6, 6.07) is 15.1. The Morgan fingerprint density at radius 2 is 1.91 bits per heavy atom. The van der Waals surface area contributed by atoms with Crippen molar-refractivity contribution in [3.63, 3.8) is 0 Å². The molecule has 0 aliphatic carbocycles. The molecule has 1 saturated heterocycles. The van der Waals surface area contributed by atoms with Gasteiger partial charge in [0, 0.05) is 36.5 Å². The Morgan fingerprint density at radius 1 is 1.09 bits per heavy atom. The van der Waals surface area contributed by atoms with Crippen molar-refractivity contribution in [3.8, 4) is 22.8 Å². The largest absolute Gasteiger partial charge is 0.486 e. The number of nitrogens with zero attached hydrogens (tertiary/aromatic N) is 2. The molecule has 7 nitrogen and oxygen atoms in total. The van der Waals surface area contributed by atoms with Crippen molar-refractivity contribution < 1.29 is 19.1 Å². The second-order valence-corrected chi connectivity index (χ2v) is 8.53. The number of piperidine rings is 1. The van der Waals surface area contributed by atoms with Crippen LogP contribution in [-0.2, 0) is 4.79 Å². The first-order chi connectivity index (χ1) is 16.1. The number of nitrogens with one attached hydrogen (secondary N) is 1. The SMILES string of the molecule is CC(CNC(=O)c1cc(-c2ccc3c(c2)OCCO3)nc2ccccc12)N1CCCCC1=O. The van der Waals surface area contributed by atoms with E-state index in [1.54, 1.807) is 0 Å². The van der Waals surface area contributed by atoms with Gasteiger partial charge in [-0.25, -0.2) is 4.98 Å². The number of fused-ring (bicyclic) bond motifs is 2. The number of hydrogen-bond donors (Lipinski definition) is 1. The Hall–Kier alpha value is -3.61. The number of para-hydroxylation sites is 1. The molecule has 3 aromatic rings. The first-order valence-corrected chi connectivity index (χ1v) is 11.5. The van der Waals surface area contributed by atoms with Crippen molar-refractivity contribution in [1.29, 1.82) is 0 Å². The van der Waals surface area contributed by atoms with Crippen molar-refractivity contribution in [2.24, 2.45) is 0 Å². The van der Waals surface area contributed by atoms with Crippen molar-refractivity contribution in [3.05, 3.63) is 54.1 Å². The van der Waals surface area contributed by atoms with Crippen molar-refractivity contribution >= 4 is 22.7 Å². The van der Waals surface area contributed by atoms with E-state index in [0.717, 1.165) is 35.9 Å². The van der Waals surface area contributed by atoms with Crippen LogP contribution in [0.3, 0.4) is 0 Å². The van der Waals surface area contributed by atoms with Gasteiger partial charge in [0.05, 0.1) is 16.8 Å². The van der Waals surface area contributed by atoms with E-state index in [9.17, 15) is 9.59 Å². The summed E-state index contributed by atoms with van der Waals surface area (Å²) in [6.45, 7) is 4.18. The number of carbonyl (C=O) groups excluding carboxylic acids is 2. The van der Waals surface area contributed by atoms with E-state index in [1.165, 1.54) is 0 Å². The first-order valence-electron chi connectivity index (χ1n) is 11.5. The standard InChI is InChI=1S/C26H27N3O4/c1-17(29-11-5-4-8-25(29)30)16-27-26(31)20-15-22(28-21-7-3-2-6-19(20)21)18-9-10-23-24(14-18)33-13-12-32-23/h2-3,6-7,9-10,14-15,17H,4-5,8,11-13,16H2,1H3,(H,27,31). The number of aromatic nitrogens is 1. The van der Waals surface area contributed by atoms with Crippen LogP contribution in [0.5, 0.6) is 11.5 Å². The third-order valence-corrected chi connectivity index (χ3v) is 6.25. The number of amides is 2. The van der Waals surface area contributed by atoms with Crippen molar-refractivity contribution in [2.75, 3.05) is 26.3 Å². The van der Waals surface area contributed by atoms with Gasteiger partial charge in [0.2, 0.25) is 5.91 Å². The first kappa shape index (κ1) is 21.2. The summed E-state index contributed by atoms with van der Waals surface area (Å²) in [5, 5.41) is 3.82. The van der Waals surface area contributed by atoms with Gasteiger partial charge in [0.1, 0.15) is 13.2 Å². The molecule has 33 heavy (non-hydrogen) atoms. The van der Waals surface area contributed by atoms with Gasteiger partial charge >= 0.3 is 0 Å². The molecule has 0 radical (unpaired) electrons. The van der Waals surface area contributed by atoms with Crippen LogP contribution in [0.2, 0.25) is 0 Å². The second-order valence-electron chi connectivity index (χ2n) is 8.53. The van der Waals surface area contributed by atoms with E-state index in [-0.39, 0.29) is 17.9 Å². The normalized spacial score (nSPS) is 16.5. The Morgan fingerprint density at radius 3 is 2.76 bits per heavy atom. The average Bonchev–Trinajstić information content (AvgIpc) is 2.86. The van der Waals surface area contributed by atoms with E-state index < -0.39 is 0 Å². The van der Waals surface area contributed by atoms with E-state index in [2.05, 4.69) is 5.32 Å². The van der Waals surface area contributed by atoms with Crippen LogP contribution >= 0.6 is 0 Å². The summed E-state index contributed by atoms with van der Waals surface area (Å²) in [6.07, 6.45) is 2.55. The minimum Gasteiger partial charge on any atom is -0.486 e. The molecule has 2 amide bonds. The van der Waals surface area contributed by atoms with Crippen LogP contribution in [0.4, 0.5) is 0 Å². The zero-order chi connectivity index (χ0) is 22.8. The third kappa shape index (κ3) is 4.35. The van der Waals surface area contributed by atoms with Crippen LogP contribution in [0.15, 0.2) is 48.5 Å². The number of hydrogen-bond acceptors (Lipinski definition) is 5. The predicted octanol–water partition coefficient (Wildman–Crippen LogP) is 3.80. The summed E-state index contributed by atoms with van der Waals surface area (Å²) >= 11 is 0. The van der Waals surface area contributed by atoms with Crippen LogP contribution in [0, 0.1) is 0 Å². The van der Waals surface area contributed by atoms with E-state index in [1.807, 2.05) is 60.4 Å². The molecule has 7 heteroatoms. The Kier molecular flexibility index (Phi) is 5.86. The van der Waals surface area contributed by atoms with Gasteiger partial charge < -0.3 is 19.7 Å². The molecule has 5 rings (SSSR count). The lowest BCUT2D eigenvalue weighted by Crippen LogP contribution is -2.47. The fraction of sp³-hybridized carbons (Fsp3) is 0.346. The zero-order valence-electron chi connectivity index (χ0n) is 18.7. The zero-order valence-corrected chi connectivity index (χ0v) is 18.7. The molecule has 170 valence electrons. The minimum atomic E-state index is -0.177. The van der Waals surface area contributed by atoms with E-state index in [0.29, 0.717) is 48.9 Å². The summed E-state index contributed by atoms with van der Waals surface area (Å²) in [7, 11) is 0. The maximum absolute atomic E-state index is 13.3. The van der Waals surface area contributed by atoms with Gasteiger partial charge in [-0.05, 0) is 50.1 Å². The Bertz CT molecular complexity index is 1210. The lowest BCUT2D eigenvalue weighted by molar-refractivity contribution is -0.135. The van der Waals surface area contributed by atoms with Gasteiger partial charge in [-0.3, -0.25) is 9.59 Å². The average molecular weight is 446 g/mol. The molecular formula is C26H27N3O4. The van der Waals surface area contributed by atoms with Crippen molar-refractivity contribution in [1.82, 2.24) is 15.2 Å². The van der Waals surface area contributed by atoms with Crippen LogP contribution in [0.25, 0.3) is 22.2 Å². The molecule has 1 unspecified atom stereocenters. The second kappa shape index (κ2) is 9.10. The maximum atomic E-state index is 13.3. The predicted molar refractivity (Wildman–Crippen MR) is 126 cm³/mol. The molecule has 2 aliphatic rings. The van der Waals surface area contributed by atoms with Crippen LogP contribution in [-0.4, -0.2) is 54.0 Å². The molecule has 1 N–H and O–H groups in total. The Balaban J connectivity index is 1.42. The molecule has 2 aromatic carbocycles. The third-order valence-electron chi connectivity index (χ3n) is 6.25. The number of ether oxygens (including phenoxy) is 2. The Labute approximate surface area is 192 Å². The summed E-state index contributed by atoms with van der Waals surface area (Å²) in [5.74, 6) is 1.38. The highest BCUT2D eigenvalue weighted by Crippen LogP contribution is 2.35. The molecule has 2 aliphatic heterocycles. The lowest BCUT2D eigenvalue weighted by Gasteiger charge is -2.32. The van der Waals surface area contributed by atoms with E-state index >= 15 is 0 Å². The van der Waals surface area contributed by atoms with Gasteiger partial charge in [0.15, 0.2) is 11.5 Å². The quantitative estimate of drug-likeness (QED) is 0.646. The maximum Gasteiger partial charge on any atom is 0.252 e. The molecule has 1 atom stereocenters. The molecule has 1 fully saturated rings. The summed E-state index contributed by atoms with van der Waals surface area (Å²) in [5.41, 5.74) is 2.85. The smallest absolute Gasteiger partial charge is 0.252 e. The number of likely N-dealkylation sites (tertiary alicyclic amines) is 1. The molecule has 0 bridgehead atoms. The molecular weight excluding hydrogens is 418 g/mol. The fourth-order valence-electron chi connectivity index (χ4n) is 4.45. The monoisotopic (exact) mass is 445 g/mol. The molecule has 3 heterocycles. The summed E-state index contributed by atoms with van der Waals surface area (Å²) < 4.78 is 11.3. The highest BCUT2D eigenvalue weighted by Gasteiger charge is 2.24. The molecule has 0 saturated carbocycles. The minimum absolute atomic E-state index is 0.0490. The number of rotatable bonds is 5. The molecule has 0 spiro atoms. The summed E-state index contributed by atoms with van der Waals surface area (Å²) in [4.78, 5) is 32.1. The fourth-order valence-corrected chi connectivity index (χ4v) is 4.45. The lowest BCUT2D eigenvalue weighted by atomic mass is 10.0. The number of carbonyl (C=O) groups is 2. The van der Waals surface area contributed by atoms with Gasteiger partial charge in [0.25, 0.3) is 5.91 Å². The van der Waals surface area contributed by atoms with Gasteiger partial charge in [-0.15, -0.1) is 0 Å². The molecule has 1 aromatic heterocycles. The van der Waals surface area contributed by atoms with Gasteiger partial charge in [-0.2, -0.15) is 0 Å². The number of benzene rings is 2. The topological polar surface area (TPSA) is 80.8 Å². The van der Waals surface area contributed by atoms with Crippen LogP contribution < -0.4 is 14.8 Å². The van der Waals surface area contributed by atoms with Gasteiger partial charge in [-0.1, -0.05) is 18.2 Å². The number of pyridine rings is 1. The highest BCUT2D eigenvalue weighted by atomic mass is 16.6. The van der Waals surface area contributed by atoms with Crippen molar-refractivity contribution in [2.45, 2.75) is 32.2 Å². The van der Waals surface area contributed by atoms with Crippen LogP contribution in [0.1, 0.15) is 36.5 Å². The highest BCUT2D eigenvalue weighted by molar-refractivity contribution is 6.07.